The van der Waals surface area contributed by atoms with Gasteiger partial charge in [-0.1, -0.05) is 5.92 Å². The molecule has 0 saturated heterocycles. The Hall–Kier alpha value is -2.79. The Kier molecular flexibility index (Phi) is 5.72. The van der Waals surface area contributed by atoms with Crippen molar-refractivity contribution in [1.29, 1.82) is 0 Å². The average molecular weight is 310 g/mol. The Morgan fingerprint density at radius 3 is 2.77 bits per heavy atom. The molecule has 0 heterocycles. The van der Waals surface area contributed by atoms with Gasteiger partial charge in [-0.05, 0) is 19.1 Å². The van der Waals surface area contributed by atoms with Gasteiger partial charge in [-0.3, -0.25) is 0 Å². The second-order valence-electron chi connectivity index (χ2n) is 4.52. The first kappa shape index (κ1) is 17.3. The molecule has 1 atom stereocenters. The predicted molar refractivity (Wildman–Crippen MR) is 76.0 cm³/mol. The molecule has 7 nitrogen and oxygen atoms in total. The Morgan fingerprint density at radius 1 is 1.50 bits per heavy atom. The third kappa shape index (κ3) is 4.96. The fourth-order valence-electron chi connectivity index (χ4n) is 1.33. The number of rotatable bonds is 6. The lowest BCUT2D eigenvalue weighted by Gasteiger charge is -2.19. The van der Waals surface area contributed by atoms with Crippen LogP contribution < -0.4 is 15.4 Å². The molecule has 8 heteroatoms. The third-order valence-electron chi connectivity index (χ3n) is 2.56. The van der Waals surface area contributed by atoms with E-state index in [-0.39, 0.29) is 18.0 Å². The third-order valence-corrected chi connectivity index (χ3v) is 2.56. The molecule has 1 unspecified atom stereocenters. The van der Waals surface area contributed by atoms with E-state index in [0.29, 0.717) is 0 Å². The van der Waals surface area contributed by atoms with E-state index in [1.165, 1.54) is 6.07 Å². The number of ether oxygens (including phenoxy) is 1. The number of carbonyl (C=O) groups is 2. The summed E-state index contributed by atoms with van der Waals surface area (Å²) in [7, 11) is 0. The van der Waals surface area contributed by atoms with Gasteiger partial charge < -0.3 is 25.6 Å². The zero-order chi connectivity index (χ0) is 16.8. The van der Waals surface area contributed by atoms with Crippen molar-refractivity contribution in [2.75, 3.05) is 18.5 Å². The SMILES string of the molecule is C#CCOc1cc(F)ccc1NC(=O)NCC(C)(O)C(=O)O. The van der Waals surface area contributed by atoms with Crippen LogP contribution in [0.2, 0.25) is 0 Å². The van der Waals surface area contributed by atoms with Crippen molar-refractivity contribution in [1.82, 2.24) is 5.32 Å². The van der Waals surface area contributed by atoms with E-state index in [0.717, 1.165) is 19.1 Å². The highest BCUT2D eigenvalue weighted by Crippen LogP contribution is 2.25. The van der Waals surface area contributed by atoms with Crippen LogP contribution in [0.1, 0.15) is 6.92 Å². The maximum absolute atomic E-state index is 13.1. The number of carboxylic acid groups (broad SMARTS) is 1. The highest BCUT2D eigenvalue weighted by Gasteiger charge is 2.30. The summed E-state index contributed by atoms with van der Waals surface area (Å²) < 4.78 is 18.2. The first-order valence-corrected chi connectivity index (χ1v) is 6.12. The van der Waals surface area contributed by atoms with Gasteiger partial charge in [0.15, 0.2) is 5.60 Å². The Labute approximate surface area is 126 Å². The number of carboxylic acids is 1. The van der Waals surface area contributed by atoms with Crippen LogP contribution in [-0.4, -0.2) is 41.0 Å². The summed E-state index contributed by atoms with van der Waals surface area (Å²) in [4.78, 5) is 22.4. The van der Waals surface area contributed by atoms with Crippen LogP contribution >= 0.6 is 0 Å². The topological polar surface area (TPSA) is 108 Å². The van der Waals surface area contributed by atoms with Crippen LogP contribution in [0.5, 0.6) is 5.75 Å². The molecule has 1 aromatic rings. The van der Waals surface area contributed by atoms with E-state index in [2.05, 4.69) is 16.6 Å². The van der Waals surface area contributed by atoms with Crippen LogP contribution in [-0.2, 0) is 4.79 Å². The Bertz CT molecular complexity index is 610. The summed E-state index contributed by atoms with van der Waals surface area (Å²) in [5.74, 6) is 0.172. The minimum Gasteiger partial charge on any atom is -0.479 e. The molecule has 1 aromatic carbocycles. The lowest BCUT2D eigenvalue weighted by atomic mass is 10.1. The van der Waals surface area contributed by atoms with E-state index in [1.54, 1.807) is 0 Å². The van der Waals surface area contributed by atoms with Crippen molar-refractivity contribution < 1.29 is 28.9 Å². The largest absolute Gasteiger partial charge is 0.479 e. The monoisotopic (exact) mass is 310 g/mol. The van der Waals surface area contributed by atoms with Gasteiger partial charge in [0.2, 0.25) is 0 Å². The van der Waals surface area contributed by atoms with Gasteiger partial charge in [0, 0.05) is 6.07 Å². The maximum Gasteiger partial charge on any atom is 0.337 e. The van der Waals surface area contributed by atoms with E-state index >= 15 is 0 Å². The molecule has 0 fully saturated rings. The number of amides is 2. The highest BCUT2D eigenvalue weighted by atomic mass is 19.1. The smallest absolute Gasteiger partial charge is 0.337 e. The number of benzene rings is 1. The molecule has 0 aliphatic heterocycles. The van der Waals surface area contributed by atoms with Gasteiger partial charge in [0.1, 0.15) is 18.2 Å². The number of halogens is 1. The van der Waals surface area contributed by atoms with Crippen molar-refractivity contribution in [3.05, 3.63) is 24.0 Å². The van der Waals surface area contributed by atoms with E-state index < -0.39 is 30.0 Å². The van der Waals surface area contributed by atoms with Crippen LogP contribution in [0.4, 0.5) is 14.9 Å². The van der Waals surface area contributed by atoms with E-state index in [4.69, 9.17) is 16.3 Å². The summed E-state index contributed by atoms with van der Waals surface area (Å²) in [6.07, 6.45) is 5.04. The second kappa shape index (κ2) is 7.28. The van der Waals surface area contributed by atoms with Crippen molar-refractivity contribution in [2.45, 2.75) is 12.5 Å². The Balaban J connectivity index is 2.72. The molecule has 118 valence electrons. The standard InChI is InChI=1S/C14H15FN2O5/c1-3-6-22-11-7-9(15)4-5-10(11)17-13(20)16-8-14(2,21)12(18)19/h1,4-5,7,21H,6,8H2,2H3,(H,18,19)(H2,16,17,20). The molecule has 0 radical (unpaired) electrons. The summed E-state index contributed by atoms with van der Waals surface area (Å²) >= 11 is 0. The number of urea groups is 1. The molecule has 1 rings (SSSR count). The number of nitrogens with one attached hydrogen (secondary N) is 2. The van der Waals surface area contributed by atoms with Crippen molar-refractivity contribution in [3.63, 3.8) is 0 Å². The molecule has 22 heavy (non-hydrogen) atoms. The van der Waals surface area contributed by atoms with Crippen molar-refractivity contribution >= 4 is 17.7 Å². The molecule has 0 aliphatic rings. The number of anilines is 1. The van der Waals surface area contributed by atoms with E-state index in [9.17, 15) is 19.1 Å². The molecule has 0 saturated carbocycles. The zero-order valence-corrected chi connectivity index (χ0v) is 11.7. The number of hydrogen-bond donors (Lipinski definition) is 4. The van der Waals surface area contributed by atoms with Gasteiger partial charge in [-0.15, -0.1) is 6.42 Å². The maximum atomic E-state index is 13.1. The lowest BCUT2D eigenvalue weighted by Crippen LogP contribution is -2.47. The van der Waals surface area contributed by atoms with Crippen molar-refractivity contribution in [3.8, 4) is 18.1 Å². The van der Waals surface area contributed by atoms with Gasteiger partial charge in [-0.2, -0.15) is 0 Å². The van der Waals surface area contributed by atoms with Crippen LogP contribution in [0.25, 0.3) is 0 Å². The van der Waals surface area contributed by atoms with Gasteiger partial charge in [0.25, 0.3) is 0 Å². The quantitative estimate of drug-likeness (QED) is 0.581. The predicted octanol–water partition coefficient (Wildman–Crippen LogP) is 0.795. The van der Waals surface area contributed by atoms with Gasteiger partial charge in [-0.25, -0.2) is 14.0 Å². The number of aliphatic carboxylic acids is 1. The molecule has 0 bridgehead atoms. The molecule has 0 aliphatic carbocycles. The van der Waals surface area contributed by atoms with Crippen LogP contribution in [0, 0.1) is 18.2 Å². The minimum absolute atomic E-state index is 0.0260. The summed E-state index contributed by atoms with van der Waals surface area (Å²) in [5, 5.41) is 22.7. The molecular weight excluding hydrogens is 295 g/mol. The Morgan fingerprint density at radius 2 is 2.18 bits per heavy atom. The minimum atomic E-state index is -2.11. The fourth-order valence-corrected chi connectivity index (χ4v) is 1.33. The molecule has 4 N–H and O–H groups in total. The summed E-state index contributed by atoms with van der Waals surface area (Å²) in [6, 6.07) is 2.61. The first-order valence-electron chi connectivity index (χ1n) is 6.12. The normalized spacial score (nSPS) is 12.6. The number of carbonyl (C=O) groups excluding carboxylic acids is 1. The van der Waals surface area contributed by atoms with Crippen LogP contribution in [0.3, 0.4) is 0 Å². The molecule has 0 aromatic heterocycles. The first-order chi connectivity index (χ1) is 10.3. The van der Waals surface area contributed by atoms with E-state index in [1.807, 2.05) is 0 Å². The number of hydrogen-bond acceptors (Lipinski definition) is 4. The number of aliphatic hydroxyl groups is 1. The molecular formula is C14H15FN2O5. The second-order valence-corrected chi connectivity index (χ2v) is 4.52. The average Bonchev–Trinajstić information content (AvgIpc) is 2.45. The summed E-state index contributed by atoms with van der Waals surface area (Å²) in [5.41, 5.74) is -1.97. The lowest BCUT2D eigenvalue weighted by molar-refractivity contribution is -0.155. The fraction of sp³-hybridized carbons (Fsp3) is 0.286. The zero-order valence-electron chi connectivity index (χ0n) is 11.7. The number of terminal acetylenes is 1. The molecule has 0 spiro atoms. The van der Waals surface area contributed by atoms with Gasteiger partial charge >= 0.3 is 12.0 Å². The highest BCUT2D eigenvalue weighted by molar-refractivity contribution is 5.91. The van der Waals surface area contributed by atoms with Gasteiger partial charge in [0.05, 0.1) is 12.2 Å². The molecule has 2 amide bonds. The van der Waals surface area contributed by atoms with Crippen LogP contribution in [0.15, 0.2) is 18.2 Å². The summed E-state index contributed by atoms with van der Waals surface area (Å²) in [6.45, 7) is 0.401. The van der Waals surface area contributed by atoms with Crippen molar-refractivity contribution in [2.24, 2.45) is 0 Å².